The summed E-state index contributed by atoms with van der Waals surface area (Å²) in [6, 6.07) is 13.2. The number of benzene rings is 2. The summed E-state index contributed by atoms with van der Waals surface area (Å²) in [6.07, 6.45) is -3.48. The van der Waals surface area contributed by atoms with Gasteiger partial charge in [-0.3, -0.25) is 4.79 Å². The van der Waals surface area contributed by atoms with Crippen molar-refractivity contribution < 1.29 is 22.9 Å². The van der Waals surface area contributed by atoms with Crippen molar-refractivity contribution in [3.05, 3.63) is 65.2 Å². The van der Waals surface area contributed by atoms with E-state index in [2.05, 4.69) is 0 Å². The summed E-state index contributed by atoms with van der Waals surface area (Å²) in [5, 5.41) is 0. The topological polar surface area (TPSA) is 24.8 Å². The SMILES string of the molecule is C[C@H]1Cc2ccccc2N1C(=O)C[NH+](C)Cc1ccc(C(F)(F)F)cc1. The number of amides is 1. The molecule has 2 aromatic carbocycles. The molecule has 0 radical (unpaired) electrons. The molecule has 138 valence electrons. The Morgan fingerprint density at radius 1 is 1.15 bits per heavy atom. The predicted octanol–water partition coefficient (Wildman–Crippen LogP) is 2.70. The zero-order valence-electron chi connectivity index (χ0n) is 14.8. The minimum absolute atomic E-state index is 0.0341. The third-order valence-electron chi connectivity index (χ3n) is 4.72. The van der Waals surface area contributed by atoms with E-state index in [0.717, 1.165) is 34.7 Å². The molecule has 0 fully saturated rings. The van der Waals surface area contributed by atoms with E-state index in [0.29, 0.717) is 13.1 Å². The fourth-order valence-corrected chi connectivity index (χ4v) is 3.51. The number of carbonyl (C=O) groups is 1. The molecule has 0 aromatic heterocycles. The molecule has 0 saturated heterocycles. The first-order valence-electron chi connectivity index (χ1n) is 8.63. The minimum atomic E-state index is -4.33. The molecule has 3 nitrogen and oxygen atoms in total. The number of hydrogen-bond donors (Lipinski definition) is 1. The second-order valence-corrected chi connectivity index (χ2v) is 6.95. The van der Waals surface area contributed by atoms with Crippen LogP contribution in [0.15, 0.2) is 48.5 Å². The Morgan fingerprint density at radius 3 is 2.46 bits per heavy atom. The van der Waals surface area contributed by atoms with E-state index in [1.54, 1.807) is 0 Å². The zero-order valence-corrected chi connectivity index (χ0v) is 14.8. The molecule has 3 rings (SSSR count). The van der Waals surface area contributed by atoms with E-state index < -0.39 is 11.7 Å². The van der Waals surface area contributed by atoms with Crippen molar-refractivity contribution in [3.63, 3.8) is 0 Å². The Balaban J connectivity index is 1.63. The number of anilines is 1. The van der Waals surface area contributed by atoms with Crippen molar-refractivity contribution in [2.24, 2.45) is 0 Å². The van der Waals surface area contributed by atoms with Crippen molar-refractivity contribution in [2.75, 3.05) is 18.5 Å². The quantitative estimate of drug-likeness (QED) is 0.888. The lowest BCUT2D eigenvalue weighted by Crippen LogP contribution is -3.09. The highest BCUT2D eigenvalue weighted by molar-refractivity contribution is 5.96. The van der Waals surface area contributed by atoms with Gasteiger partial charge in [0.05, 0.1) is 12.6 Å². The molecule has 1 aliphatic heterocycles. The molecule has 0 bridgehead atoms. The van der Waals surface area contributed by atoms with E-state index in [1.807, 2.05) is 43.1 Å². The Kier molecular flexibility index (Phi) is 5.05. The van der Waals surface area contributed by atoms with E-state index in [1.165, 1.54) is 17.7 Å². The number of quaternary nitrogens is 1. The van der Waals surface area contributed by atoms with E-state index >= 15 is 0 Å². The van der Waals surface area contributed by atoms with Gasteiger partial charge in [0, 0.05) is 17.3 Å². The van der Waals surface area contributed by atoms with Gasteiger partial charge >= 0.3 is 6.18 Å². The van der Waals surface area contributed by atoms with Gasteiger partial charge in [-0.05, 0) is 37.1 Å². The van der Waals surface area contributed by atoms with Crippen LogP contribution >= 0.6 is 0 Å². The molecule has 1 aliphatic rings. The van der Waals surface area contributed by atoms with Crippen LogP contribution in [0.4, 0.5) is 18.9 Å². The van der Waals surface area contributed by atoms with Crippen LogP contribution in [0.2, 0.25) is 0 Å². The molecule has 0 aliphatic carbocycles. The van der Waals surface area contributed by atoms with Gasteiger partial charge in [-0.1, -0.05) is 30.3 Å². The molecular weight excluding hydrogens is 341 g/mol. The average molecular weight is 363 g/mol. The normalized spacial score (nSPS) is 17.9. The number of hydrogen-bond acceptors (Lipinski definition) is 1. The molecule has 2 atom stereocenters. The monoisotopic (exact) mass is 363 g/mol. The summed E-state index contributed by atoms with van der Waals surface area (Å²) in [6.45, 7) is 2.82. The lowest BCUT2D eigenvalue weighted by atomic mass is 10.1. The van der Waals surface area contributed by atoms with E-state index in [9.17, 15) is 18.0 Å². The molecule has 0 spiro atoms. The number of halogens is 3. The van der Waals surface area contributed by atoms with Crippen molar-refractivity contribution in [1.29, 1.82) is 0 Å². The molecule has 26 heavy (non-hydrogen) atoms. The number of carbonyl (C=O) groups excluding carboxylic acids is 1. The fraction of sp³-hybridized carbons (Fsp3) is 0.350. The van der Waals surface area contributed by atoms with Gasteiger partial charge in [0.2, 0.25) is 0 Å². The van der Waals surface area contributed by atoms with Crippen molar-refractivity contribution in [1.82, 2.24) is 0 Å². The first-order chi connectivity index (χ1) is 12.3. The Hall–Kier alpha value is -2.34. The smallest absolute Gasteiger partial charge is 0.326 e. The van der Waals surface area contributed by atoms with Crippen LogP contribution in [0.3, 0.4) is 0 Å². The maximum Gasteiger partial charge on any atom is 0.416 e. The molecule has 1 unspecified atom stereocenters. The van der Waals surface area contributed by atoms with E-state index in [4.69, 9.17) is 0 Å². The second kappa shape index (κ2) is 7.11. The summed E-state index contributed by atoms with van der Waals surface area (Å²) in [4.78, 5) is 15.5. The van der Waals surface area contributed by atoms with Gasteiger partial charge in [-0.25, -0.2) is 0 Å². The van der Waals surface area contributed by atoms with Crippen molar-refractivity contribution in [2.45, 2.75) is 32.1 Å². The van der Waals surface area contributed by atoms with Gasteiger partial charge in [-0.15, -0.1) is 0 Å². The first-order valence-corrected chi connectivity index (χ1v) is 8.63. The highest BCUT2D eigenvalue weighted by atomic mass is 19.4. The summed E-state index contributed by atoms with van der Waals surface area (Å²) in [7, 11) is 1.88. The highest BCUT2D eigenvalue weighted by Crippen LogP contribution is 2.31. The number of fused-ring (bicyclic) bond motifs is 1. The molecule has 1 amide bonds. The van der Waals surface area contributed by atoms with Gasteiger partial charge < -0.3 is 9.80 Å². The summed E-state index contributed by atoms with van der Waals surface area (Å²) >= 11 is 0. The maximum absolute atomic E-state index is 12.8. The van der Waals surface area contributed by atoms with Crippen LogP contribution in [0.25, 0.3) is 0 Å². The zero-order chi connectivity index (χ0) is 18.9. The predicted molar refractivity (Wildman–Crippen MR) is 94.0 cm³/mol. The number of nitrogens with one attached hydrogen (secondary N) is 1. The number of alkyl halides is 3. The summed E-state index contributed by atoms with van der Waals surface area (Å²) < 4.78 is 37.9. The molecule has 0 saturated carbocycles. The fourth-order valence-electron chi connectivity index (χ4n) is 3.51. The van der Waals surface area contributed by atoms with Gasteiger partial charge in [0.25, 0.3) is 5.91 Å². The summed E-state index contributed by atoms with van der Waals surface area (Å²) in [5.74, 6) is 0.0341. The molecule has 2 aromatic rings. The van der Waals surface area contributed by atoms with Gasteiger partial charge in [0.1, 0.15) is 6.54 Å². The highest BCUT2D eigenvalue weighted by Gasteiger charge is 2.32. The van der Waals surface area contributed by atoms with Crippen LogP contribution in [-0.4, -0.2) is 25.5 Å². The molecule has 6 heteroatoms. The maximum atomic E-state index is 12.8. The third-order valence-corrected chi connectivity index (χ3v) is 4.72. The third kappa shape index (κ3) is 3.90. The van der Waals surface area contributed by atoms with Gasteiger partial charge in [0.15, 0.2) is 6.54 Å². The van der Waals surface area contributed by atoms with Crippen LogP contribution in [-0.2, 0) is 23.9 Å². The lowest BCUT2D eigenvalue weighted by Gasteiger charge is -2.24. The van der Waals surface area contributed by atoms with E-state index in [-0.39, 0.29) is 11.9 Å². The number of para-hydroxylation sites is 1. The largest absolute Gasteiger partial charge is 0.416 e. The Labute approximate surface area is 151 Å². The average Bonchev–Trinajstić information content (AvgIpc) is 2.90. The van der Waals surface area contributed by atoms with Crippen LogP contribution in [0.1, 0.15) is 23.6 Å². The molecular formula is C20H22F3N2O+. The Bertz CT molecular complexity index is 786. The lowest BCUT2D eigenvalue weighted by molar-refractivity contribution is -0.885. The van der Waals surface area contributed by atoms with Gasteiger partial charge in [-0.2, -0.15) is 13.2 Å². The minimum Gasteiger partial charge on any atom is -0.326 e. The van der Waals surface area contributed by atoms with Crippen LogP contribution < -0.4 is 9.80 Å². The molecule has 1 N–H and O–H groups in total. The molecule has 1 heterocycles. The summed E-state index contributed by atoms with van der Waals surface area (Å²) in [5.41, 5.74) is 2.26. The second-order valence-electron chi connectivity index (χ2n) is 6.95. The Morgan fingerprint density at radius 2 is 1.81 bits per heavy atom. The number of nitrogens with zero attached hydrogens (tertiary/aromatic N) is 1. The van der Waals surface area contributed by atoms with Crippen LogP contribution in [0.5, 0.6) is 0 Å². The number of likely N-dealkylation sites (N-methyl/N-ethyl adjacent to an activating group) is 1. The van der Waals surface area contributed by atoms with Crippen molar-refractivity contribution in [3.8, 4) is 0 Å². The standard InChI is InChI=1S/C20H21F3N2O/c1-14-11-16-5-3-4-6-18(16)25(14)19(26)13-24(2)12-15-7-9-17(10-8-15)20(21,22)23/h3-10,14H,11-13H2,1-2H3/p+1/t14-/m0/s1. The number of rotatable bonds is 4. The van der Waals surface area contributed by atoms with Crippen molar-refractivity contribution >= 4 is 11.6 Å². The first kappa shape index (κ1) is 18.5. The van der Waals surface area contributed by atoms with Crippen LogP contribution in [0, 0.1) is 0 Å².